The highest BCUT2D eigenvalue weighted by Gasteiger charge is 2.52. The minimum absolute atomic E-state index is 0.312. The number of benzene rings is 1. The van der Waals surface area contributed by atoms with Gasteiger partial charge in [-0.2, -0.15) is 0 Å². The van der Waals surface area contributed by atoms with E-state index in [-0.39, 0.29) is 18.3 Å². The maximum absolute atomic E-state index is 6.09. The van der Waals surface area contributed by atoms with Crippen molar-refractivity contribution in [3.05, 3.63) is 18.2 Å². The quantitative estimate of drug-likeness (QED) is 0.628. The van der Waals surface area contributed by atoms with Gasteiger partial charge in [-0.25, -0.2) is 0 Å². The van der Waals surface area contributed by atoms with Crippen LogP contribution >= 0.6 is 11.8 Å². The molecule has 1 saturated heterocycles. The van der Waals surface area contributed by atoms with Crippen LogP contribution in [0.4, 0.5) is 0 Å². The second-order valence-corrected chi connectivity index (χ2v) is 6.54. The van der Waals surface area contributed by atoms with Crippen molar-refractivity contribution >= 4 is 24.3 Å². The molecule has 0 unspecified atom stereocenters. The van der Waals surface area contributed by atoms with E-state index in [0.29, 0.717) is 0 Å². The van der Waals surface area contributed by atoms with Crippen LogP contribution in [0.15, 0.2) is 23.1 Å². The fraction of sp³-hybridized carbons (Fsp3) is 0.571. The van der Waals surface area contributed by atoms with Crippen molar-refractivity contribution < 1.29 is 14.0 Å². The highest BCUT2D eigenvalue weighted by molar-refractivity contribution is 7.98. The zero-order chi connectivity index (χ0) is 14.3. The van der Waals surface area contributed by atoms with Crippen molar-refractivity contribution in [3.63, 3.8) is 0 Å². The van der Waals surface area contributed by atoms with Crippen molar-refractivity contribution in [2.75, 3.05) is 13.4 Å². The monoisotopic (exact) mass is 280 g/mol. The van der Waals surface area contributed by atoms with Crippen LogP contribution in [0.5, 0.6) is 5.75 Å². The Labute approximate surface area is 120 Å². The lowest BCUT2D eigenvalue weighted by molar-refractivity contribution is 0.00578. The fourth-order valence-electron chi connectivity index (χ4n) is 1.98. The second kappa shape index (κ2) is 5.04. The van der Waals surface area contributed by atoms with E-state index in [0.717, 1.165) is 16.1 Å². The van der Waals surface area contributed by atoms with Crippen molar-refractivity contribution in [3.8, 4) is 5.75 Å². The Morgan fingerprint density at radius 3 is 2.16 bits per heavy atom. The molecule has 1 fully saturated rings. The highest BCUT2D eigenvalue weighted by atomic mass is 32.2. The van der Waals surface area contributed by atoms with E-state index < -0.39 is 0 Å². The molecule has 1 aliphatic heterocycles. The van der Waals surface area contributed by atoms with E-state index in [1.54, 1.807) is 18.9 Å². The first-order chi connectivity index (χ1) is 8.80. The Bertz CT molecular complexity index is 458. The third kappa shape index (κ3) is 2.64. The molecule has 0 atom stereocenters. The first-order valence-corrected chi connectivity index (χ1v) is 7.61. The van der Waals surface area contributed by atoms with E-state index in [1.807, 2.05) is 24.5 Å². The number of hydrogen-bond acceptors (Lipinski definition) is 4. The highest BCUT2D eigenvalue weighted by Crippen LogP contribution is 2.37. The lowest BCUT2D eigenvalue weighted by atomic mass is 9.79. The van der Waals surface area contributed by atoms with Gasteiger partial charge in [-0.1, -0.05) is 6.07 Å². The van der Waals surface area contributed by atoms with Crippen LogP contribution in [-0.2, 0) is 9.31 Å². The van der Waals surface area contributed by atoms with Gasteiger partial charge in [-0.05, 0) is 51.5 Å². The molecule has 0 aromatic heterocycles. The average Bonchev–Trinajstić information content (AvgIpc) is 2.57. The molecule has 19 heavy (non-hydrogen) atoms. The fourth-order valence-corrected chi connectivity index (χ4v) is 2.62. The Morgan fingerprint density at radius 2 is 1.68 bits per heavy atom. The molecule has 3 nitrogen and oxygen atoms in total. The summed E-state index contributed by atoms with van der Waals surface area (Å²) in [5.41, 5.74) is 0.438. The normalized spacial score (nSPS) is 20.6. The van der Waals surface area contributed by atoms with Crippen molar-refractivity contribution in [2.45, 2.75) is 43.8 Å². The predicted molar refractivity (Wildman–Crippen MR) is 80.5 cm³/mol. The summed E-state index contributed by atoms with van der Waals surface area (Å²) in [4.78, 5) is 1.12. The number of hydrogen-bond donors (Lipinski definition) is 0. The van der Waals surface area contributed by atoms with Crippen LogP contribution in [0.1, 0.15) is 27.7 Å². The molecule has 0 spiro atoms. The third-order valence-corrected chi connectivity index (χ3v) is 4.74. The van der Waals surface area contributed by atoms with Crippen LogP contribution < -0.4 is 10.2 Å². The maximum atomic E-state index is 6.09. The van der Waals surface area contributed by atoms with E-state index >= 15 is 0 Å². The number of rotatable bonds is 3. The topological polar surface area (TPSA) is 27.7 Å². The van der Waals surface area contributed by atoms with Crippen LogP contribution in [0.3, 0.4) is 0 Å². The predicted octanol–water partition coefficient (Wildman–Crippen LogP) is 2.72. The van der Waals surface area contributed by atoms with Gasteiger partial charge in [0, 0.05) is 4.90 Å². The summed E-state index contributed by atoms with van der Waals surface area (Å²) in [6.45, 7) is 8.26. The molecule has 5 heteroatoms. The number of ether oxygens (including phenoxy) is 1. The molecule has 104 valence electrons. The standard InChI is InChI=1S/C14H21BO3S/c1-13(2)14(3,4)18-15(17-13)11-8-7-10(16-5)9-12(11)19-6/h7-9H,1-6H3. The molecular weight excluding hydrogens is 259 g/mol. The Morgan fingerprint density at radius 1 is 1.11 bits per heavy atom. The summed E-state index contributed by atoms with van der Waals surface area (Å²) in [6, 6.07) is 5.98. The minimum Gasteiger partial charge on any atom is -0.497 e. The summed E-state index contributed by atoms with van der Waals surface area (Å²) >= 11 is 1.67. The summed E-state index contributed by atoms with van der Waals surface area (Å²) in [5, 5.41) is 0. The molecule has 0 N–H and O–H groups in total. The first-order valence-electron chi connectivity index (χ1n) is 6.38. The van der Waals surface area contributed by atoms with Crippen LogP contribution in [0.25, 0.3) is 0 Å². The van der Waals surface area contributed by atoms with Crippen LogP contribution in [0.2, 0.25) is 0 Å². The molecular formula is C14H21BO3S. The van der Waals surface area contributed by atoms with Crippen molar-refractivity contribution in [1.82, 2.24) is 0 Å². The first kappa shape index (κ1) is 14.8. The van der Waals surface area contributed by atoms with Gasteiger partial charge in [0.1, 0.15) is 5.75 Å². The Hall–Kier alpha value is -0.645. The third-order valence-electron chi connectivity index (χ3n) is 3.95. The van der Waals surface area contributed by atoms with E-state index in [2.05, 4.69) is 27.7 Å². The summed E-state index contributed by atoms with van der Waals surface area (Å²) < 4.78 is 17.4. The second-order valence-electron chi connectivity index (χ2n) is 5.70. The van der Waals surface area contributed by atoms with Crippen LogP contribution in [0, 0.1) is 0 Å². The molecule has 0 bridgehead atoms. The van der Waals surface area contributed by atoms with Gasteiger partial charge in [0.2, 0.25) is 0 Å². The molecule has 0 amide bonds. The molecule has 0 radical (unpaired) electrons. The smallest absolute Gasteiger partial charge is 0.495 e. The molecule has 0 saturated carbocycles. The van der Waals surface area contributed by atoms with Gasteiger partial charge in [0.05, 0.1) is 18.3 Å². The average molecular weight is 280 g/mol. The van der Waals surface area contributed by atoms with Crippen molar-refractivity contribution in [1.29, 1.82) is 0 Å². The van der Waals surface area contributed by atoms with Gasteiger partial charge in [0.15, 0.2) is 0 Å². The van der Waals surface area contributed by atoms with Gasteiger partial charge >= 0.3 is 7.12 Å². The molecule has 0 aliphatic carbocycles. The Balaban J connectivity index is 2.34. The minimum atomic E-state index is -0.321. The summed E-state index contributed by atoms with van der Waals surface area (Å²) in [5.74, 6) is 0.851. The SMILES string of the molecule is COc1ccc(B2OC(C)(C)C(C)(C)O2)c(SC)c1. The number of methoxy groups -OCH3 is 1. The zero-order valence-electron chi connectivity index (χ0n) is 12.4. The van der Waals surface area contributed by atoms with E-state index in [4.69, 9.17) is 14.0 Å². The molecule has 2 rings (SSSR count). The van der Waals surface area contributed by atoms with Gasteiger partial charge in [-0.3, -0.25) is 0 Å². The lowest BCUT2D eigenvalue weighted by Gasteiger charge is -2.32. The number of thioether (sulfide) groups is 1. The Kier molecular flexibility index (Phi) is 3.91. The van der Waals surface area contributed by atoms with Crippen molar-refractivity contribution in [2.24, 2.45) is 0 Å². The molecule has 1 aromatic rings. The zero-order valence-corrected chi connectivity index (χ0v) is 13.3. The molecule has 1 aromatic carbocycles. The van der Waals surface area contributed by atoms with E-state index in [1.165, 1.54) is 0 Å². The molecule has 1 heterocycles. The van der Waals surface area contributed by atoms with Gasteiger partial charge in [0.25, 0.3) is 0 Å². The van der Waals surface area contributed by atoms with Gasteiger partial charge in [-0.15, -0.1) is 11.8 Å². The van der Waals surface area contributed by atoms with Crippen LogP contribution in [-0.4, -0.2) is 31.7 Å². The summed E-state index contributed by atoms with van der Waals surface area (Å²) in [7, 11) is 1.35. The molecule has 1 aliphatic rings. The lowest BCUT2D eigenvalue weighted by Crippen LogP contribution is -2.41. The summed E-state index contributed by atoms with van der Waals surface area (Å²) in [6.07, 6.45) is 2.05. The van der Waals surface area contributed by atoms with Gasteiger partial charge < -0.3 is 14.0 Å². The maximum Gasteiger partial charge on any atom is 0.495 e. The largest absolute Gasteiger partial charge is 0.497 e. The van der Waals surface area contributed by atoms with E-state index in [9.17, 15) is 0 Å².